The maximum Gasteiger partial charge on any atom is 0.413 e. The zero-order valence-corrected chi connectivity index (χ0v) is 37.2. The van der Waals surface area contributed by atoms with Gasteiger partial charge in [-0.25, -0.2) is 19.4 Å². The van der Waals surface area contributed by atoms with E-state index in [1.807, 2.05) is 60.7 Å². The summed E-state index contributed by atoms with van der Waals surface area (Å²) in [6, 6.07) is 16.8. The minimum absolute atomic E-state index is 0.0137. The minimum Gasteiger partial charge on any atom is -0.450 e. The van der Waals surface area contributed by atoms with Gasteiger partial charge >= 0.3 is 18.2 Å². The van der Waals surface area contributed by atoms with E-state index in [9.17, 15) is 28.8 Å². The van der Waals surface area contributed by atoms with Gasteiger partial charge in [-0.05, 0) is 59.1 Å². The zero-order valence-electron chi connectivity index (χ0n) is 36.3. The van der Waals surface area contributed by atoms with Gasteiger partial charge in [-0.2, -0.15) is 15.0 Å². The second-order valence-electron chi connectivity index (χ2n) is 17.1. The standard InChI is InChI=1S/C43H52N10O10S/c1-41(2,3)61-39(58)44-21-13-18-31(54)45-22-28-23-46-53(51-28)24-29-32(35(55)47-29)49-36(56)33(30-25-64-38(48-30)50-40(59)62-42(4,5)6)52-63-43(19-20-43)37(57)60-34(26-14-9-7-10-15-26)27-16-11-8-12-17-27/h7-12,14-17,23,25,29,32,34H,13,18-22,24H2,1-6H3,(H,44,58)(H,45,54)(H,47,55)(H,49,56)(H,48,50,59)/t29-,32+/m1/s1. The summed E-state index contributed by atoms with van der Waals surface area (Å²) in [4.78, 5) is 89.0. The molecular weight excluding hydrogens is 849 g/mol. The van der Waals surface area contributed by atoms with E-state index in [4.69, 9.17) is 19.0 Å². The minimum atomic E-state index is -1.50. The molecule has 0 unspecified atom stereocenters. The number of alkyl carbamates (subject to hydrolysis) is 1. The third kappa shape index (κ3) is 13.3. The van der Waals surface area contributed by atoms with Crippen LogP contribution in [-0.2, 0) is 51.3 Å². The van der Waals surface area contributed by atoms with Crippen molar-refractivity contribution >= 4 is 58.1 Å². The number of amides is 5. The van der Waals surface area contributed by atoms with Gasteiger partial charge in [0.05, 0.1) is 25.3 Å². The molecule has 4 aromatic rings. The Morgan fingerprint density at radius 1 is 0.922 bits per heavy atom. The highest BCUT2D eigenvalue weighted by atomic mass is 32.1. The average Bonchev–Trinajstić information content (AvgIpc) is 3.66. The van der Waals surface area contributed by atoms with Crippen molar-refractivity contribution in [2.24, 2.45) is 5.16 Å². The van der Waals surface area contributed by atoms with Crippen molar-refractivity contribution in [1.29, 1.82) is 0 Å². The van der Waals surface area contributed by atoms with Crippen molar-refractivity contribution < 1.29 is 47.8 Å². The van der Waals surface area contributed by atoms with Crippen LogP contribution < -0.4 is 26.6 Å². The van der Waals surface area contributed by atoms with Crippen LogP contribution in [0.25, 0.3) is 0 Å². The molecule has 2 aliphatic rings. The van der Waals surface area contributed by atoms with E-state index in [1.54, 1.807) is 41.5 Å². The third-order valence-corrected chi connectivity index (χ3v) is 10.1. The number of nitrogens with zero attached hydrogens (tertiary/aromatic N) is 5. The highest BCUT2D eigenvalue weighted by molar-refractivity contribution is 7.14. The molecule has 5 N–H and O–H groups in total. The van der Waals surface area contributed by atoms with Gasteiger partial charge in [0.15, 0.2) is 16.9 Å². The van der Waals surface area contributed by atoms with Gasteiger partial charge in [-0.3, -0.25) is 19.7 Å². The summed E-state index contributed by atoms with van der Waals surface area (Å²) in [7, 11) is 0. The van der Waals surface area contributed by atoms with E-state index >= 15 is 0 Å². The Hall–Kier alpha value is -6.90. The molecule has 1 saturated heterocycles. The number of benzene rings is 2. The molecule has 0 spiro atoms. The SMILES string of the molecule is CC(C)(C)OC(=O)NCCCC(=O)NCc1cnn(C[C@H]2NC(=O)[C@H]2NC(=O)C(=NOC2(C(=O)OC(c3ccccc3)c3ccccc3)CC2)c2csc(NC(=O)OC(C)(C)C)n2)n1. The summed E-state index contributed by atoms with van der Waals surface area (Å²) in [5.74, 6) is -2.28. The number of hydrogen-bond acceptors (Lipinski definition) is 15. The van der Waals surface area contributed by atoms with Gasteiger partial charge < -0.3 is 40.3 Å². The normalized spacial score (nSPS) is 16.7. The van der Waals surface area contributed by atoms with Crippen LogP contribution in [0.3, 0.4) is 0 Å². The Labute approximate surface area is 373 Å². The summed E-state index contributed by atoms with van der Waals surface area (Å²) in [5.41, 5.74) is -1.36. The molecule has 0 radical (unpaired) electrons. The Morgan fingerprint density at radius 2 is 1.56 bits per heavy atom. The van der Waals surface area contributed by atoms with E-state index in [2.05, 4.69) is 46.9 Å². The lowest BCUT2D eigenvalue weighted by Gasteiger charge is -2.36. The number of aromatic nitrogens is 4. The second-order valence-corrected chi connectivity index (χ2v) is 17.9. The lowest BCUT2D eigenvalue weighted by atomic mass is 9.98. The number of carbonyl (C=O) groups is 6. The second kappa shape index (κ2) is 20.1. The molecule has 340 valence electrons. The molecule has 2 atom stereocenters. The molecule has 1 aliphatic heterocycles. The van der Waals surface area contributed by atoms with Crippen LogP contribution in [0.2, 0.25) is 0 Å². The lowest BCUT2D eigenvalue weighted by Crippen LogP contribution is -2.70. The van der Waals surface area contributed by atoms with E-state index in [0.29, 0.717) is 12.1 Å². The number of carbonyl (C=O) groups excluding carboxylic acids is 6. The molecule has 5 amide bonds. The molecule has 0 bridgehead atoms. The van der Waals surface area contributed by atoms with Crippen LogP contribution in [0.15, 0.2) is 77.4 Å². The Balaban J connectivity index is 1.10. The molecule has 64 heavy (non-hydrogen) atoms. The molecule has 3 heterocycles. The van der Waals surface area contributed by atoms with Crippen molar-refractivity contribution in [3.63, 3.8) is 0 Å². The first kappa shape index (κ1) is 46.6. The Kier molecular flexibility index (Phi) is 14.6. The molecule has 21 heteroatoms. The molecule has 6 rings (SSSR count). The average molecular weight is 901 g/mol. The number of esters is 1. The Morgan fingerprint density at radius 3 is 2.17 bits per heavy atom. The molecular formula is C43H52N10O10S. The Bertz CT molecular complexity index is 2300. The summed E-state index contributed by atoms with van der Waals surface area (Å²) in [6.45, 7) is 10.8. The van der Waals surface area contributed by atoms with E-state index in [0.717, 1.165) is 22.5 Å². The first-order chi connectivity index (χ1) is 30.4. The first-order valence-electron chi connectivity index (χ1n) is 20.6. The monoisotopic (exact) mass is 900 g/mol. The van der Waals surface area contributed by atoms with Crippen LogP contribution in [0, 0.1) is 0 Å². The molecule has 2 fully saturated rings. The smallest absolute Gasteiger partial charge is 0.413 e. The van der Waals surface area contributed by atoms with Gasteiger partial charge in [-0.1, -0.05) is 65.8 Å². The first-order valence-corrected chi connectivity index (χ1v) is 21.5. The number of β-lactam (4-membered cyclic amide) rings is 1. The van der Waals surface area contributed by atoms with E-state index < -0.39 is 65.0 Å². The number of oxime groups is 1. The van der Waals surface area contributed by atoms with Crippen LogP contribution in [0.1, 0.15) is 95.8 Å². The van der Waals surface area contributed by atoms with Crippen molar-refractivity contribution in [1.82, 2.24) is 41.2 Å². The van der Waals surface area contributed by atoms with Crippen LogP contribution in [0.5, 0.6) is 0 Å². The predicted molar refractivity (Wildman–Crippen MR) is 232 cm³/mol. The zero-order chi connectivity index (χ0) is 46.1. The summed E-state index contributed by atoms with van der Waals surface area (Å²) < 4.78 is 16.6. The number of rotatable bonds is 18. The maximum absolute atomic E-state index is 14.0. The number of ether oxygens (including phenoxy) is 3. The fourth-order valence-corrected chi connectivity index (χ4v) is 6.77. The number of anilines is 1. The molecule has 2 aromatic carbocycles. The van der Waals surface area contributed by atoms with Crippen molar-refractivity contribution in [2.45, 2.75) is 115 Å². The number of nitrogens with one attached hydrogen (secondary N) is 5. The van der Waals surface area contributed by atoms with Gasteiger partial charge in [0.1, 0.15) is 28.6 Å². The van der Waals surface area contributed by atoms with Crippen LogP contribution in [0.4, 0.5) is 14.7 Å². The number of thiazole rings is 1. The molecule has 20 nitrogen and oxygen atoms in total. The highest BCUT2D eigenvalue weighted by Gasteiger charge is 2.56. The summed E-state index contributed by atoms with van der Waals surface area (Å²) in [5, 5.41) is 27.6. The quantitative estimate of drug-likeness (QED) is 0.0234. The van der Waals surface area contributed by atoms with Gasteiger partial charge in [-0.15, -0.1) is 11.3 Å². The largest absolute Gasteiger partial charge is 0.450 e. The van der Waals surface area contributed by atoms with Gasteiger partial charge in [0.2, 0.25) is 17.4 Å². The lowest BCUT2D eigenvalue weighted by molar-refractivity contribution is -0.164. The molecule has 1 saturated carbocycles. The fraction of sp³-hybridized carbons (Fsp3) is 0.442. The van der Waals surface area contributed by atoms with Crippen molar-refractivity contribution in [2.75, 3.05) is 11.9 Å². The highest BCUT2D eigenvalue weighted by Crippen LogP contribution is 2.43. The third-order valence-electron chi connectivity index (χ3n) is 9.35. The van der Waals surface area contributed by atoms with Crippen molar-refractivity contribution in [3.8, 4) is 0 Å². The van der Waals surface area contributed by atoms with Crippen LogP contribution in [-0.4, -0.2) is 97.0 Å². The summed E-state index contributed by atoms with van der Waals surface area (Å²) in [6.07, 6.45) is 0.459. The number of hydrogen-bond donors (Lipinski definition) is 5. The van der Waals surface area contributed by atoms with Crippen LogP contribution >= 0.6 is 11.3 Å². The predicted octanol–water partition coefficient (Wildman–Crippen LogP) is 4.27. The fourth-order valence-electron chi connectivity index (χ4n) is 6.09. The molecule has 1 aliphatic carbocycles. The van der Waals surface area contributed by atoms with E-state index in [-0.39, 0.29) is 61.3 Å². The van der Waals surface area contributed by atoms with Gasteiger partial charge in [0.25, 0.3) is 5.91 Å². The maximum atomic E-state index is 14.0. The van der Waals surface area contributed by atoms with Crippen molar-refractivity contribution in [3.05, 3.63) is 94.8 Å². The van der Waals surface area contributed by atoms with Gasteiger partial charge in [0, 0.05) is 31.2 Å². The molecule has 2 aromatic heterocycles. The van der Waals surface area contributed by atoms with E-state index in [1.165, 1.54) is 16.4 Å². The topological polar surface area (TPSA) is 255 Å². The summed E-state index contributed by atoms with van der Waals surface area (Å²) >= 11 is 0.989.